The van der Waals surface area contributed by atoms with E-state index >= 15 is 0 Å². The van der Waals surface area contributed by atoms with Crippen molar-refractivity contribution >= 4 is 5.95 Å². The highest BCUT2D eigenvalue weighted by atomic mass is 15.6. The molecular formula is C9H15N5. The summed E-state index contributed by atoms with van der Waals surface area (Å²) in [6.07, 6.45) is 3.53. The summed E-state index contributed by atoms with van der Waals surface area (Å²) in [5.41, 5.74) is 3.29. The van der Waals surface area contributed by atoms with Gasteiger partial charge in [0.25, 0.3) is 0 Å². The van der Waals surface area contributed by atoms with E-state index in [1.54, 1.807) is 12.4 Å². The van der Waals surface area contributed by atoms with E-state index in [1.807, 2.05) is 11.1 Å². The fraction of sp³-hybridized carbons (Fsp3) is 0.556. The second-order valence-electron chi connectivity index (χ2n) is 3.41. The van der Waals surface area contributed by atoms with E-state index in [0.717, 1.165) is 32.1 Å². The molecular weight excluding hydrogens is 178 g/mol. The largest absolute Gasteiger partial charge is 0.303 e. The minimum absolute atomic E-state index is 0.753. The second kappa shape index (κ2) is 4.34. The molecule has 5 heteroatoms. The van der Waals surface area contributed by atoms with Crippen LogP contribution < -0.4 is 10.4 Å². The van der Waals surface area contributed by atoms with Gasteiger partial charge in [0, 0.05) is 32.0 Å². The van der Waals surface area contributed by atoms with E-state index in [-0.39, 0.29) is 0 Å². The van der Waals surface area contributed by atoms with Crippen LogP contribution in [0.1, 0.15) is 0 Å². The predicted molar refractivity (Wildman–Crippen MR) is 54.9 cm³/mol. The van der Waals surface area contributed by atoms with Crippen molar-refractivity contribution in [3.05, 3.63) is 18.5 Å². The highest BCUT2D eigenvalue weighted by molar-refractivity contribution is 5.26. The summed E-state index contributed by atoms with van der Waals surface area (Å²) in [6, 6.07) is 1.83. The van der Waals surface area contributed by atoms with Gasteiger partial charge in [-0.15, -0.1) is 0 Å². The van der Waals surface area contributed by atoms with E-state index in [2.05, 4.69) is 27.3 Å². The Labute approximate surface area is 83.7 Å². The van der Waals surface area contributed by atoms with Crippen LogP contribution in [0.4, 0.5) is 5.95 Å². The molecule has 0 bridgehead atoms. The first-order chi connectivity index (χ1) is 6.86. The van der Waals surface area contributed by atoms with Gasteiger partial charge >= 0.3 is 0 Å². The second-order valence-corrected chi connectivity index (χ2v) is 3.41. The molecule has 0 amide bonds. The SMILES string of the molecule is CN1CCNN(c2ncccn2)CC1. The van der Waals surface area contributed by atoms with Gasteiger partial charge in [0.05, 0.1) is 6.54 Å². The fourth-order valence-electron chi connectivity index (χ4n) is 1.44. The van der Waals surface area contributed by atoms with Crippen LogP contribution in [0.3, 0.4) is 0 Å². The molecule has 1 aliphatic heterocycles. The number of anilines is 1. The number of aromatic nitrogens is 2. The third-order valence-electron chi connectivity index (χ3n) is 2.30. The van der Waals surface area contributed by atoms with Gasteiger partial charge in [-0.1, -0.05) is 0 Å². The zero-order valence-corrected chi connectivity index (χ0v) is 8.35. The Morgan fingerprint density at radius 3 is 2.79 bits per heavy atom. The molecule has 0 atom stereocenters. The molecule has 0 unspecified atom stereocenters. The summed E-state index contributed by atoms with van der Waals surface area (Å²) in [6.45, 7) is 3.95. The summed E-state index contributed by atoms with van der Waals surface area (Å²) in [5.74, 6) is 0.753. The van der Waals surface area contributed by atoms with E-state index in [4.69, 9.17) is 0 Å². The zero-order chi connectivity index (χ0) is 9.80. The first-order valence-electron chi connectivity index (χ1n) is 4.83. The number of hydrazine groups is 1. The van der Waals surface area contributed by atoms with E-state index < -0.39 is 0 Å². The Bertz CT molecular complexity index is 276. The normalized spacial score (nSPS) is 19.4. The van der Waals surface area contributed by atoms with Crippen molar-refractivity contribution in [2.24, 2.45) is 0 Å². The van der Waals surface area contributed by atoms with Crippen LogP contribution in [-0.2, 0) is 0 Å². The zero-order valence-electron chi connectivity index (χ0n) is 8.35. The molecule has 0 aliphatic carbocycles. The van der Waals surface area contributed by atoms with Crippen molar-refractivity contribution in [3.8, 4) is 0 Å². The third kappa shape index (κ3) is 2.18. The lowest BCUT2D eigenvalue weighted by atomic mass is 10.5. The smallest absolute Gasteiger partial charge is 0.239 e. The standard InChI is InChI=1S/C9H15N5/c1-13-6-5-12-14(8-7-13)9-10-3-2-4-11-9/h2-4,12H,5-8H2,1H3. The number of nitrogens with zero attached hydrogens (tertiary/aromatic N) is 4. The summed E-state index contributed by atoms with van der Waals surface area (Å²) in [4.78, 5) is 10.7. The van der Waals surface area contributed by atoms with Gasteiger partial charge in [-0.2, -0.15) is 0 Å². The lowest BCUT2D eigenvalue weighted by Crippen LogP contribution is -2.40. The minimum atomic E-state index is 0.753. The summed E-state index contributed by atoms with van der Waals surface area (Å²) in [5, 5.41) is 2.00. The molecule has 76 valence electrons. The summed E-state index contributed by atoms with van der Waals surface area (Å²) in [7, 11) is 2.12. The van der Waals surface area contributed by atoms with Crippen LogP contribution in [0.2, 0.25) is 0 Å². The molecule has 14 heavy (non-hydrogen) atoms. The lowest BCUT2D eigenvalue weighted by molar-refractivity contribution is 0.367. The fourth-order valence-corrected chi connectivity index (χ4v) is 1.44. The van der Waals surface area contributed by atoms with Crippen molar-refractivity contribution < 1.29 is 0 Å². The van der Waals surface area contributed by atoms with Crippen LogP contribution in [0.5, 0.6) is 0 Å². The Balaban J connectivity index is 2.04. The molecule has 0 spiro atoms. The van der Waals surface area contributed by atoms with Crippen molar-refractivity contribution in [3.63, 3.8) is 0 Å². The first kappa shape index (κ1) is 9.36. The van der Waals surface area contributed by atoms with Crippen molar-refractivity contribution in [2.75, 3.05) is 38.2 Å². The maximum absolute atomic E-state index is 4.20. The quantitative estimate of drug-likeness (QED) is 0.665. The van der Waals surface area contributed by atoms with Gasteiger partial charge in [-0.3, -0.25) is 5.01 Å². The Hall–Kier alpha value is -1.20. The average molecular weight is 193 g/mol. The number of rotatable bonds is 1. The van der Waals surface area contributed by atoms with Gasteiger partial charge in [0.1, 0.15) is 0 Å². The highest BCUT2D eigenvalue weighted by Gasteiger charge is 2.13. The molecule has 2 heterocycles. The average Bonchev–Trinajstić information content (AvgIpc) is 2.44. The van der Waals surface area contributed by atoms with Crippen LogP contribution in [0.15, 0.2) is 18.5 Å². The van der Waals surface area contributed by atoms with Crippen LogP contribution in [0.25, 0.3) is 0 Å². The molecule has 1 aliphatic rings. The van der Waals surface area contributed by atoms with E-state index in [9.17, 15) is 0 Å². The molecule has 1 N–H and O–H groups in total. The summed E-state index contributed by atoms with van der Waals surface area (Å²) < 4.78 is 0. The molecule has 1 saturated heterocycles. The molecule has 5 nitrogen and oxygen atoms in total. The third-order valence-corrected chi connectivity index (χ3v) is 2.30. The maximum atomic E-state index is 4.20. The van der Waals surface area contributed by atoms with Crippen molar-refractivity contribution in [1.82, 2.24) is 20.3 Å². The van der Waals surface area contributed by atoms with Gasteiger partial charge in [-0.05, 0) is 13.1 Å². The molecule has 1 aromatic rings. The molecule has 0 radical (unpaired) electrons. The van der Waals surface area contributed by atoms with Gasteiger partial charge in [-0.25, -0.2) is 15.4 Å². The molecule has 2 rings (SSSR count). The van der Waals surface area contributed by atoms with Gasteiger partial charge in [0.2, 0.25) is 5.95 Å². The van der Waals surface area contributed by atoms with Gasteiger partial charge < -0.3 is 4.90 Å². The predicted octanol–water partition coefficient (Wildman–Crippen LogP) is -0.267. The lowest BCUT2D eigenvalue weighted by Gasteiger charge is -2.20. The van der Waals surface area contributed by atoms with Gasteiger partial charge in [0.15, 0.2) is 0 Å². The highest BCUT2D eigenvalue weighted by Crippen LogP contribution is 2.03. The molecule has 1 aromatic heterocycles. The Morgan fingerprint density at radius 2 is 2.00 bits per heavy atom. The van der Waals surface area contributed by atoms with E-state index in [1.165, 1.54) is 0 Å². The number of hydrogen-bond donors (Lipinski definition) is 1. The number of nitrogens with one attached hydrogen (secondary N) is 1. The topological polar surface area (TPSA) is 44.3 Å². The first-order valence-corrected chi connectivity index (χ1v) is 4.83. The number of hydrogen-bond acceptors (Lipinski definition) is 5. The van der Waals surface area contributed by atoms with Crippen LogP contribution >= 0.6 is 0 Å². The summed E-state index contributed by atoms with van der Waals surface area (Å²) >= 11 is 0. The molecule has 0 aromatic carbocycles. The number of likely N-dealkylation sites (N-methyl/N-ethyl adjacent to an activating group) is 1. The Kier molecular flexibility index (Phi) is 2.90. The van der Waals surface area contributed by atoms with Crippen LogP contribution in [0, 0.1) is 0 Å². The minimum Gasteiger partial charge on any atom is -0.303 e. The van der Waals surface area contributed by atoms with E-state index in [0.29, 0.717) is 0 Å². The monoisotopic (exact) mass is 193 g/mol. The molecule has 0 saturated carbocycles. The van der Waals surface area contributed by atoms with Crippen LogP contribution in [-0.4, -0.2) is 48.1 Å². The molecule has 1 fully saturated rings. The maximum Gasteiger partial charge on any atom is 0.239 e. The van der Waals surface area contributed by atoms with Crippen molar-refractivity contribution in [2.45, 2.75) is 0 Å². The van der Waals surface area contributed by atoms with Crippen molar-refractivity contribution in [1.29, 1.82) is 0 Å². The Morgan fingerprint density at radius 1 is 1.21 bits per heavy atom.